The summed E-state index contributed by atoms with van der Waals surface area (Å²) in [6.07, 6.45) is 5.73. The van der Waals surface area contributed by atoms with Crippen LogP contribution in [0.15, 0.2) is 12.3 Å². The first-order valence-corrected chi connectivity index (χ1v) is 5.70. The van der Waals surface area contributed by atoms with Crippen LogP contribution in [-0.4, -0.2) is 28.5 Å². The Labute approximate surface area is 89.6 Å². The average molecular weight is 207 g/mol. The van der Waals surface area contributed by atoms with Gasteiger partial charge < -0.3 is 10.1 Å². The molecule has 1 N–H and O–H groups in total. The van der Waals surface area contributed by atoms with Crippen LogP contribution < -0.4 is 10.1 Å². The summed E-state index contributed by atoms with van der Waals surface area (Å²) in [5.41, 5.74) is 0. The van der Waals surface area contributed by atoms with Crippen LogP contribution in [0.3, 0.4) is 0 Å². The van der Waals surface area contributed by atoms with Gasteiger partial charge in [-0.05, 0) is 19.3 Å². The predicted molar refractivity (Wildman–Crippen MR) is 56.8 cm³/mol. The van der Waals surface area contributed by atoms with E-state index in [1.54, 1.807) is 10.9 Å². The van der Waals surface area contributed by atoms with Gasteiger partial charge in [0.15, 0.2) is 0 Å². The fraction of sp³-hybridized carbons (Fsp3) is 0.727. The van der Waals surface area contributed by atoms with Gasteiger partial charge in [0.2, 0.25) is 5.88 Å². The van der Waals surface area contributed by atoms with Crippen molar-refractivity contribution >= 4 is 0 Å². The van der Waals surface area contributed by atoms with Crippen LogP contribution in [0.5, 0.6) is 5.88 Å². The number of fused-ring (bicyclic) bond motifs is 2. The number of nitrogens with one attached hydrogen (secondary N) is 1. The topological polar surface area (TPSA) is 39.1 Å². The highest BCUT2D eigenvalue weighted by Crippen LogP contribution is 2.33. The van der Waals surface area contributed by atoms with Crippen molar-refractivity contribution in [2.24, 2.45) is 13.0 Å². The second-order valence-electron chi connectivity index (χ2n) is 4.65. The van der Waals surface area contributed by atoms with Gasteiger partial charge in [-0.25, -0.2) is 4.68 Å². The maximum Gasteiger partial charge on any atom is 0.211 e. The van der Waals surface area contributed by atoms with Crippen molar-refractivity contribution in [3.05, 3.63) is 12.3 Å². The number of aromatic nitrogens is 2. The van der Waals surface area contributed by atoms with Gasteiger partial charge in [0.05, 0.1) is 12.8 Å². The molecule has 2 aliphatic heterocycles. The van der Waals surface area contributed by atoms with Crippen LogP contribution in [0.25, 0.3) is 0 Å². The Morgan fingerprint density at radius 2 is 2.53 bits per heavy atom. The molecule has 0 radical (unpaired) electrons. The zero-order valence-corrected chi connectivity index (χ0v) is 9.02. The van der Waals surface area contributed by atoms with Crippen LogP contribution >= 0.6 is 0 Å². The normalized spacial score (nSPS) is 33.5. The number of hydrogen-bond donors (Lipinski definition) is 1. The molecule has 1 aromatic rings. The van der Waals surface area contributed by atoms with E-state index < -0.39 is 0 Å². The van der Waals surface area contributed by atoms with E-state index >= 15 is 0 Å². The molecule has 3 unspecified atom stereocenters. The van der Waals surface area contributed by atoms with E-state index in [2.05, 4.69) is 10.4 Å². The zero-order valence-electron chi connectivity index (χ0n) is 9.02. The Balaban J connectivity index is 1.57. The largest absolute Gasteiger partial charge is 0.477 e. The Morgan fingerprint density at radius 3 is 3.13 bits per heavy atom. The molecule has 0 spiro atoms. The lowest BCUT2D eigenvalue weighted by Gasteiger charge is -2.20. The molecule has 4 nitrogen and oxygen atoms in total. The molecular formula is C11H17N3O. The number of rotatable bonds is 3. The molecule has 1 aromatic heterocycles. The lowest BCUT2D eigenvalue weighted by atomic mass is 9.90. The third-order valence-corrected chi connectivity index (χ3v) is 3.65. The Bertz CT molecular complexity index is 349. The van der Waals surface area contributed by atoms with Gasteiger partial charge in [0.1, 0.15) is 0 Å². The monoisotopic (exact) mass is 207 g/mol. The molecule has 0 amide bonds. The van der Waals surface area contributed by atoms with Gasteiger partial charge >= 0.3 is 0 Å². The Morgan fingerprint density at radius 1 is 1.60 bits per heavy atom. The molecule has 82 valence electrons. The van der Waals surface area contributed by atoms with E-state index in [1.165, 1.54) is 19.3 Å². The summed E-state index contributed by atoms with van der Waals surface area (Å²) in [7, 11) is 1.91. The SMILES string of the molecule is Cn1nccc1OCC1CC2CCC1N2. The van der Waals surface area contributed by atoms with Gasteiger partial charge in [-0.3, -0.25) is 0 Å². The molecule has 3 atom stereocenters. The predicted octanol–water partition coefficient (Wildman–Crippen LogP) is 0.939. The molecule has 2 aliphatic rings. The van der Waals surface area contributed by atoms with Crippen LogP contribution in [0.4, 0.5) is 0 Å². The summed E-state index contributed by atoms with van der Waals surface area (Å²) in [5, 5.41) is 7.71. The van der Waals surface area contributed by atoms with Crippen molar-refractivity contribution in [3.8, 4) is 5.88 Å². The first-order valence-electron chi connectivity index (χ1n) is 5.70. The molecular weight excluding hydrogens is 190 g/mol. The summed E-state index contributed by atoms with van der Waals surface area (Å²) < 4.78 is 7.55. The van der Waals surface area contributed by atoms with Crippen molar-refractivity contribution in [3.63, 3.8) is 0 Å². The first-order chi connectivity index (χ1) is 7.33. The van der Waals surface area contributed by atoms with Crippen LogP contribution in [-0.2, 0) is 7.05 Å². The summed E-state index contributed by atoms with van der Waals surface area (Å²) >= 11 is 0. The average Bonchev–Trinajstić information content (AvgIpc) is 2.90. The summed E-state index contributed by atoms with van der Waals surface area (Å²) in [4.78, 5) is 0. The minimum absolute atomic E-state index is 0.693. The standard InChI is InChI=1S/C11H17N3O/c1-14-11(4-5-12-14)15-7-8-6-9-2-3-10(8)13-9/h4-5,8-10,13H,2-3,6-7H2,1H3. The van der Waals surface area contributed by atoms with Gasteiger partial charge in [-0.15, -0.1) is 0 Å². The first kappa shape index (κ1) is 9.21. The molecule has 2 bridgehead atoms. The van der Waals surface area contributed by atoms with E-state index in [0.29, 0.717) is 12.0 Å². The minimum atomic E-state index is 0.693. The highest BCUT2D eigenvalue weighted by molar-refractivity contribution is 5.07. The van der Waals surface area contributed by atoms with Crippen LogP contribution in [0.1, 0.15) is 19.3 Å². The van der Waals surface area contributed by atoms with E-state index in [-0.39, 0.29) is 0 Å². The van der Waals surface area contributed by atoms with E-state index in [1.807, 2.05) is 13.1 Å². The number of ether oxygens (including phenoxy) is 1. The van der Waals surface area contributed by atoms with Gasteiger partial charge in [0.25, 0.3) is 0 Å². The van der Waals surface area contributed by atoms with Crippen LogP contribution in [0, 0.1) is 5.92 Å². The third-order valence-electron chi connectivity index (χ3n) is 3.65. The molecule has 2 saturated heterocycles. The molecule has 3 heterocycles. The van der Waals surface area contributed by atoms with Crippen molar-refractivity contribution in [1.29, 1.82) is 0 Å². The summed E-state index contributed by atoms with van der Waals surface area (Å²) in [5.74, 6) is 1.57. The number of nitrogens with zero attached hydrogens (tertiary/aromatic N) is 2. The molecule has 0 saturated carbocycles. The van der Waals surface area contributed by atoms with Crippen molar-refractivity contribution < 1.29 is 4.74 Å². The molecule has 0 aliphatic carbocycles. The highest BCUT2D eigenvalue weighted by atomic mass is 16.5. The van der Waals surface area contributed by atoms with Crippen molar-refractivity contribution in [1.82, 2.24) is 15.1 Å². The third kappa shape index (κ3) is 1.63. The highest BCUT2D eigenvalue weighted by Gasteiger charge is 2.39. The van der Waals surface area contributed by atoms with E-state index in [0.717, 1.165) is 18.5 Å². The number of aryl methyl sites for hydroxylation is 1. The maximum absolute atomic E-state index is 5.77. The Hall–Kier alpha value is -1.03. The zero-order chi connectivity index (χ0) is 10.3. The Kier molecular flexibility index (Phi) is 2.16. The molecule has 0 aromatic carbocycles. The van der Waals surface area contributed by atoms with Gasteiger partial charge in [-0.1, -0.05) is 0 Å². The second kappa shape index (κ2) is 3.52. The fourth-order valence-corrected chi connectivity index (χ4v) is 2.82. The minimum Gasteiger partial charge on any atom is -0.477 e. The van der Waals surface area contributed by atoms with Crippen molar-refractivity contribution in [2.45, 2.75) is 31.3 Å². The van der Waals surface area contributed by atoms with E-state index in [9.17, 15) is 0 Å². The molecule has 4 heteroatoms. The smallest absolute Gasteiger partial charge is 0.211 e. The van der Waals surface area contributed by atoms with Gasteiger partial charge in [-0.2, -0.15) is 5.10 Å². The van der Waals surface area contributed by atoms with Crippen LogP contribution in [0.2, 0.25) is 0 Å². The molecule has 15 heavy (non-hydrogen) atoms. The number of hydrogen-bond acceptors (Lipinski definition) is 3. The maximum atomic E-state index is 5.77. The fourth-order valence-electron chi connectivity index (χ4n) is 2.82. The molecule has 2 fully saturated rings. The quantitative estimate of drug-likeness (QED) is 0.801. The van der Waals surface area contributed by atoms with Crippen molar-refractivity contribution in [2.75, 3.05) is 6.61 Å². The summed E-state index contributed by atoms with van der Waals surface area (Å²) in [6, 6.07) is 3.37. The second-order valence-corrected chi connectivity index (χ2v) is 4.65. The lowest BCUT2D eigenvalue weighted by molar-refractivity contribution is 0.208. The summed E-state index contributed by atoms with van der Waals surface area (Å²) in [6.45, 7) is 0.827. The molecule has 3 rings (SSSR count). The van der Waals surface area contributed by atoms with E-state index in [4.69, 9.17) is 4.74 Å². The van der Waals surface area contributed by atoms with Gasteiger partial charge in [0, 0.05) is 31.1 Å². The lowest BCUT2D eigenvalue weighted by Crippen LogP contribution is -2.27.